The van der Waals surface area contributed by atoms with Gasteiger partial charge in [-0.3, -0.25) is 4.79 Å². The van der Waals surface area contributed by atoms with E-state index in [-0.39, 0.29) is 18.5 Å². The molecular formula is C17H24O5. The Kier molecular flexibility index (Phi) is 7.36. The van der Waals surface area contributed by atoms with Crippen molar-refractivity contribution in [1.29, 1.82) is 0 Å². The number of rotatable bonds is 11. The van der Waals surface area contributed by atoms with Crippen molar-refractivity contribution in [2.75, 3.05) is 26.4 Å². The number of esters is 1. The molecule has 0 N–H and O–H groups in total. The van der Waals surface area contributed by atoms with E-state index in [0.717, 1.165) is 18.4 Å². The van der Waals surface area contributed by atoms with Gasteiger partial charge in [0.15, 0.2) is 0 Å². The highest BCUT2D eigenvalue weighted by Crippen LogP contribution is 2.30. The van der Waals surface area contributed by atoms with Crippen molar-refractivity contribution in [3.05, 3.63) is 35.9 Å². The lowest BCUT2D eigenvalue weighted by molar-refractivity contribution is -0.192. The normalized spacial score (nSPS) is 15.5. The minimum atomic E-state index is -0.618. The Hall–Kier alpha value is -1.43. The molecule has 0 heterocycles. The van der Waals surface area contributed by atoms with E-state index >= 15 is 0 Å². The van der Waals surface area contributed by atoms with Crippen LogP contribution in [-0.4, -0.2) is 38.7 Å². The first-order valence-corrected chi connectivity index (χ1v) is 7.81. The molecule has 2 rings (SSSR count). The van der Waals surface area contributed by atoms with Gasteiger partial charge in [0.25, 0.3) is 0 Å². The van der Waals surface area contributed by atoms with Crippen LogP contribution in [0.4, 0.5) is 0 Å². The maximum absolute atomic E-state index is 11.6. The van der Waals surface area contributed by atoms with Crippen molar-refractivity contribution < 1.29 is 23.7 Å². The van der Waals surface area contributed by atoms with Crippen LogP contribution >= 0.6 is 0 Å². The third-order valence-electron chi connectivity index (χ3n) is 3.25. The molecule has 1 aliphatic carbocycles. The van der Waals surface area contributed by atoms with Crippen LogP contribution in [0.25, 0.3) is 0 Å². The van der Waals surface area contributed by atoms with Gasteiger partial charge in [0, 0.05) is 6.61 Å². The van der Waals surface area contributed by atoms with Crippen LogP contribution in [0.15, 0.2) is 30.3 Å². The first-order valence-electron chi connectivity index (χ1n) is 7.81. The Balaban J connectivity index is 1.54. The van der Waals surface area contributed by atoms with Crippen LogP contribution in [-0.2, 0) is 30.3 Å². The Labute approximate surface area is 131 Å². The van der Waals surface area contributed by atoms with Gasteiger partial charge in [-0.05, 0) is 25.3 Å². The summed E-state index contributed by atoms with van der Waals surface area (Å²) in [5.74, 6) is -0.112. The molecule has 0 bridgehead atoms. The Bertz CT molecular complexity index is 430. The molecule has 122 valence electrons. The van der Waals surface area contributed by atoms with Crippen LogP contribution in [0.3, 0.4) is 0 Å². The molecule has 1 aromatic carbocycles. The van der Waals surface area contributed by atoms with Crippen molar-refractivity contribution in [3.8, 4) is 0 Å². The zero-order chi connectivity index (χ0) is 15.6. The molecule has 0 spiro atoms. The number of carbonyl (C=O) groups is 1. The van der Waals surface area contributed by atoms with E-state index in [4.69, 9.17) is 18.9 Å². The molecule has 5 heteroatoms. The third-order valence-corrected chi connectivity index (χ3v) is 3.25. The van der Waals surface area contributed by atoms with Gasteiger partial charge in [-0.1, -0.05) is 30.3 Å². The summed E-state index contributed by atoms with van der Waals surface area (Å²) in [5.41, 5.74) is 1.13. The van der Waals surface area contributed by atoms with Crippen molar-refractivity contribution in [2.24, 2.45) is 5.92 Å². The summed E-state index contributed by atoms with van der Waals surface area (Å²) in [7, 11) is 0. The second-order valence-electron chi connectivity index (χ2n) is 5.21. The summed E-state index contributed by atoms with van der Waals surface area (Å²) < 4.78 is 21.6. The summed E-state index contributed by atoms with van der Waals surface area (Å²) in [6, 6.07) is 9.97. The highest BCUT2D eigenvalue weighted by Gasteiger charge is 2.33. The minimum absolute atomic E-state index is 0.0668. The first-order chi connectivity index (χ1) is 10.8. The predicted octanol–water partition coefficient (Wildman–Crippen LogP) is 2.54. The molecule has 0 radical (unpaired) electrons. The first kappa shape index (κ1) is 16.9. The Morgan fingerprint density at radius 1 is 1.18 bits per heavy atom. The fourth-order valence-corrected chi connectivity index (χ4v) is 1.91. The van der Waals surface area contributed by atoms with E-state index in [1.54, 1.807) is 0 Å². The van der Waals surface area contributed by atoms with Gasteiger partial charge in [-0.25, -0.2) is 0 Å². The Morgan fingerprint density at radius 2 is 1.91 bits per heavy atom. The Morgan fingerprint density at radius 3 is 2.59 bits per heavy atom. The van der Waals surface area contributed by atoms with Gasteiger partial charge in [0.2, 0.25) is 6.29 Å². The fourth-order valence-electron chi connectivity index (χ4n) is 1.91. The minimum Gasteiger partial charge on any atom is -0.433 e. The SMILES string of the molecule is CCOC(COCCOCc1ccccc1)OC(=O)C1CC1. The van der Waals surface area contributed by atoms with Crippen molar-refractivity contribution >= 4 is 5.97 Å². The lowest BCUT2D eigenvalue weighted by Gasteiger charge is -2.17. The van der Waals surface area contributed by atoms with Gasteiger partial charge in [0.05, 0.1) is 25.7 Å². The summed E-state index contributed by atoms with van der Waals surface area (Å²) in [6.45, 7) is 4.08. The molecule has 0 aliphatic heterocycles. The summed E-state index contributed by atoms with van der Waals surface area (Å²) in [4.78, 5) is 11.6. The summed E-state index contributed by atoms with van der Waals surface area (Å²) >= 11 is 0. The molecule has 0 amide bonds. The third kappa shape index (κ3) is 6.56. The molecule has 22 heavy (non-hydrogen) atoms. The smallest absolute Gasteiger partial charge is 0.311 e. The zero-order valence-corrected chi connectivity index (χ0v) is 13.0. The molecule has 5 nitrogen and oxygen atoms in total. The number of ether oxygens (including phenoxy) is 4. The van der Waals surface area contributed by atoms with Gasteiger partial charge in [-0.15, -0.1) is 0 Å². The second-order valence-corrected chi connectivity index (χ2v) is 5.21. The lowest BCUT2D eigenvalue weighted by atomic mass is 10.2. The van der Waals surface area contributed by atoms with Crippen LogP contribution in [0.2, 0.25) is 0 Å². The van der Waals surface area contributed by atoms with Gasteiger partial charge < -0.3 is 18.9 Å². The average molecular weight is 308 g/mol. The van der Waals surface area contributed by atoms with E-state index < -0.39 is 6.29 Å². The standard InChI is InChI=1S/C17H24O5/c1-2-21-16(22-17(18)15-8-9-15)13-20-11-10-19-12-14-6-4-3-5-7-14/h3-7,15-16H,2,8-13H2,1H3. The zero-order valence-electron chi connectivity index (χ0n) is 13.0. The van der Waals surface area contributed by atoms with Gasteiger partial charge >= 0.3 is 5.97 Å². The lowest BCUT2D eigenvalue weighted by Crippen LogP contribution is -2.28. The van der Waals surface area contributed by atoms with Gasteiger partial charge in [-0.2, -0.15) is 0 Å². The quantitative estimate of drug-likeness (QED) is 0.357. The second kappa shape index (κ2) is 9.56. The topological polar surface area (TPSA) is 54.0 Å². The molecule has 1 aliphatic rings. The molecule has 1 fully saturated rings. The maximum Gasteiger partial charge on any atom is 0.311 e. The molecule has 1 unspecified atom stereocenters. The summed E-state index contributed by atoms with van der Waals surface area (Å²) in [6.07, 6.45) is 1.23. The molecule has 0 saturated heterocycles. The van der Waals surface area contributed by atoms with E-state index in [9.17, 15) is 4.79 Å². The van der Waals surface area contributed by atoms with Crippen molar-refractivity contribution in [2.45, 2.75) is 32.7 Å². The highest BCUT2D eigenvalue weighted by atomic mass is 16.7. The number of carbonyl (C=O) groups excluding carboxylic acids is 1. The molecule has 0 aromatic heterocycles. The monoisotopic (exact) mass is 308 g/mol. The average Bonchev–Trinajstić information content (AvgIpc) is 3.36. The predicted molar refractivity (Wildman–Crippen MR) is 81.1 cm³/mol. The van der Waals surface area contributed by atoms with E-state index in [0.29, 0.717) is 26.4 Å². The van der Waals surface area contributed by atoms with E-state index in [2.05, 4.69) is 0 Å². The van der Waals surface area contributed by atoms with Crippen molar-refractivity contribution in [3.63, 3.8) is 0 Å². The van der Waals surface area contributed by atoms with Crippen LogP contribution in [0.1, 0.15) is 25.3 Å². The van der Waals surface area contributed by atoms with Crippen LogP contribution in [0.5, 0.6) is 0 Å². The maximum atomic E-state index is 11.6. The largest absolute Gasteiger partial charge is 0.433 e. The highest BCUT2D eigenvalue weighted by molar-refractivity contribution is 5.74. The number of hydrogen-bond acceptors (Lipinski definition) is 5. The van der Waals surface area contributed by atoms with Crippen molar-refractivity contribution in [1.82, 2.24) is 0 Å². The number of hydrogen-bond donors (Lipinski definition) is 0. The number of benzene rings is 1. The fraction of sp³-hybridized carbons (Fsp3) is 0.588. The molecule has 1 atom stereocenters. The summed E-state index contributed by atoms with van der Waals surface area (Å²) in [5, 5.41) is 0. The molecule has 1 aromatic rings. The van der Waals surface area contributed by atoms with E-state index in [1.807, 2.05) is 37.3 Å². The van der Waals surface area contributed by atoms with Crippen LogP contribution in [0, 0.1) is 5.92 Å². The molecular weight excluding hydrogens is 284 g/mol. The van der Waals surface area contributed by atoms with Gasteiger partial charge in [0.1, 0.15) is 6.61 Å². The van der Waals surface area contributed by atoms with Crippen LogP contribution < -0.4 is 0 Å². The molecule has 1 saturated carbocycles. The van der Waals surface area contributed by atoms with E-state index in [1.165, 1.54) is 0 Å².